The van der Waals surface area contributed by atoms with Crippen LogP contribution in [-0.2, 0) is 23.9 Å². The maximum atomic E-state index is 14.3. The number of aliphatic carboxylic acids is 1. The van der Waals surface area contributed by atoms with Gasteiger partial charge >= 0.3 is 11.9 Å². The molecule has 7 rings (SSSR count). The number of esters is 1. The third kappa shape index (κ3) is 6.39. The summed E-state index contributed by atoms with van der Waals surface area (Å²) < 4.78 is 6.21. The van der Waals surface area contributed by atoms with Crippen LogP contribution in [0.1, 0.15) is 130 Å². The van der Waals surface area contributed by atoms with E-state index in [4.69, 9.17) is 16.3 Å². The van der Waals surface area contributed by atoms with Crippen LogP contribution < -0.4 is 10.6 Å². The van der Waals surface area contributed by atoms with Gasteiger partial charge in [0.1, 0.15) is 17.4 Å². The first-order chi connectivity index (χ1) is 26.1. The highest BCUT2D eigenvalue weighted by Gasteiger charge is 2.65. The number of hydrogen-bond donors (Lipinski definition) is 4. The molecule has 56 heavy (non-hydrogen) atoms. The molecule has 12 unspecified atom stereocenters. The first-order valence-corrected chi connectivity index (χ1v) is 21.4. The quantitative estimate of drug-likeness (QED) is 0.194. The molecule has 1 aromatic carbocycles. The number of amides is 2. The van der Waals surface area contributed by atoms with Crippen LogP contribution in [-0.4, -0.2) is 56.9 Å². The van der Waals surface area contributed by atoms with E-state index in [2.05, 4.69) is 45.3 Å². The molecule has 0 spiro atoms. The predicted molar refractivity (Wildman–Crippen MR) is 212 cm³/mol. The molecule has 0 radical (unpaired) electrons. The Morgan fingerprint density at radius 1 is 0.929 bits per heavy atom. The molecule has 0 aliphatic heterocycles. The van der Waals surface area contributed by atoms with Gasteiger partial charge in [0.15, 0.2) is 5.78 Å². The van der Waals surface area contributed by atoms with Crippen molar-refractivity contribution >= 4 is 41.1 Å². The van der Waals surface area contributed by atoms with Crippen LogP contribution in [0.25, 0.3) is 0 Å². The highest BCUT2D eigenvalue weighted by atomic mass is 35.5. The largest absolute Gasteiger partial charge is 0.507 e. The van der Waals surface area contributed by atoms with Gasteiger partial charge in [-0.15, -0.1) is 0 Å². The van der Waals surface area contributed by atoms with Gasteiger partial charge in [0.2, 0.25) is 5.91 Å². The molecular formula is C45H61ClN2O8. The number of phenolic OH excluding ortho intramolecular Hbond substituents is 1. The number of nitrogens with one attached hydrogen (secondary N) is 2. The molecular weight excluding hydrogens is 732 g/mol. The van der Waals surface area contributed by atoms with E-state index in [0.717, 1.165) is 56.1 Å². The van der Waals surface area contributed by atoms with Crippen molar-refractivity contribution in [2.75, 3.05) is 0 Å². The van der Waals surface area contributed by atoms with Gasteiger partial charge in [-0.05, 0) is 153 Å². The van der Waals surface area contributed by atoms with Gasteiger partial charge < -0.3 is 25.6 Å². The van der Waals surface area contributed by atoms with E-state index in [-0.39, 0.29) is 81.9 Å². The first-order valence-electron chi connectivity index (χ1n) is 21.0. The summed E-state index contributed by atoms with van der Waals surface area (Å²) in [5, 5.41) is 26.3. The fourth-order valence-corrected chi connectivity index (χ4v) is 13.5. The lowest BCUT2D eigenvalue weighted by Crippen LogP contribution is -2.65. The number of hydrogen-bond acceptors (Lipinski definition) is 7. The summed E-state index contributed by atoms with van der Waals surface area (Å²) in [6.45, 7) is 16.5. The number of fused-ring (bicyclic) bond motifs is 7. The van der Waals surface area contributed by atoms with Crippen LogP contribution >= 0.6 is 11.6 Å². The van der Waals surface area contributed by atoms with E-state index < -0.39 is 28.9 Å². The Hall–Kier alpha value is -3.40. The molecule has 11 heteroatoms. The lowest BCUT2D eigenvalue weighted by molar-refractivity contribution is -0.196. The van der Waals surface area contributed by atoms with Gasteiger partial charge in [0.25, 0.3) is 5.91 Å². The molecule has 306 valence electrons. The highest BCUT2D eigenvalue weighted by Crippen LogP contribution is 2.70. The van der Waals surface area contributed by atoms with Crippen molar-refractivity contribution < 1.29 is 38.9 Å². The molecule has 12 atom stereocenters. The zero-order valence-corrected chi connectivity index (χ0v) is 35.1. The van der Waals surface area contributed by atoms with Crippen LogP contribution in [0.15, 0.2) is 29.3 Å². The van der Waals surface area contributed by atoms with Gasteiger partial charge in [0, 0.05) is 11.4 Å². The number of benzene rings is 1. The SMILES string of the molecule is CC(C)C1=C2C3CCC4C(C)(CCC5C(C)C(OC(=O)C6CC(C(=O)O)C6C)CCC54C)C3CCC2(NC(=O)C(C)(C)NC(=O)c2ccc(Cl)cc2O)CC1=O. The zero-order valence-electron chi connectivity index (χ0n) is 34.3. The van der Waals surface area contributed by atoms with Crippen molar-refractivity contribution in [2.45, 2.75) is 137 Å². The van der Waals surface area contributed by atoms with Gasteiger partial charge in [0.05, 0.1) is 22.9 Å². The number of Topliss-reactive ketones (excluding diaryl/α,β-unsaturated/α-hetero) is 1. The molecule has 0 saturated heterocycles. The van der Waals surface area contributed by atoms with E-state index in [9.17, 15) is 34.2 Å². The summed E-state index contributed by atoms with van der Waals surface area (Å²) in [5.74, 6) is -1.64. The summed E-state index contributed by atoms with van der Waals surface area (Å²) in [6.07, 6.45) is 7.80. The van der Waals surface area contributed by atoms with Crippen molar-refractivity contribution in [1.82, 2.24) is 10.6 Å². The van der Waals surface area contributed by atoms with Gasteiger partial charge in [-0.1, -0.05) is 53.1 Å². The van der Waals surface area contributed by atoms with Crippen LogP contribution in [0, 0.1) is 64.1 Å². The van der Waals surface area contributed by atoms with Crippen molar-refractivity contribution in [2.24, 2.45) is 64.1 Å². The summed E-state index contributed by atoms with van der Waals surface area (Å²) >= 11 is 5.98. The van der Waals surface area contributed by atoms with E-state index in [1.54, 1.807) is 13.8 Å². The maximum Gasteiger partial charge on any atom is 0.309 e. The van der Waals surface area contributed by atoms with Gasteiger partial charge in [-0.25, -0.2) is 0 Å². The lowest BCUT2D eigenvalue weighted by Gasteiger charge is -2.67. The average molecular weight is 793 g/mol. The first kappa shape index (κ1) is 40.8. The number of carbonyl (C=O) groups excluding carboxylic acids is 4. The molecule has 0 aromatic heterocycles. The molecule has 0 bridgehead atoms. The van der Waals surface area contributed by atoms with Crippen LogP contribution in [0.2, 0.25) is 5.02 Å². The number of aromatic hydroxyl groups is 1. The van der Waals surface area contributed by atoms with Crippen LogP contribution in [0.4, 0.5) is 0 Å². The average Bonchev–Trinajstić information content (AvgIpc) is 3.40. The molecule has 10 nitrogen and oxygen atoms in total. The second-order valence-corrected chi connectivity index (χ2v) is 20.4. The number of rotatable bonds is 8. The number of halogens is 1. The third-order valence-electron chi connectivity index (χ3n) is 16.3. The molecule has 5 fully saturated rings. The van der Waals surface area contributed by atoms with Crippen molar-refractivity contribution in [1.29, 1.82) is 0 Å². The zero-order chi connectivity index (χ0) is 40.9. The van der Waals surface area contributed by atoms with E-state index in [0.29, 0.717) is 35.6 Å². The monoisotopic (exact) mass is 792 g/mol. The number of carboxylic acid groups (broad SMARTS) is 1. The summed E-state index contributed by atoms with van der Waals surface area (Å²) in [7, 11) is 0. The predicted octanol–water partition coefficient (Wildman–Crippen LogP) is 7.89. The maximum absolute atomic E-state index is 14.3. The van der Waals surface area contributed by atoms with Crippen LogP contribution in [0.3, 0.4) is 0 Å². The normalized spacial score (nSPS) is 39.0. The Bertz CT molecular complexity index is 1870. The summed E-state index contributed by atoms with van der Waals surface area (Å²) in [6, 6.07) is 4.23. The minimum atomic E-state index is -1.35. The number of ketones is 1. The van der Waals surface area contributed by atoms with Gasteiger partial charge in [-0.3, -0.25) is 24.0 Å². The number of ether oxygens (including phenoxy) is 1. The van der Waals surface area contributed by atoms with Crippen molar-refractivity contribution in [3.63, 3.8) is 0 Å². The second-order valence-electron chi connectivity index (χ2n) is 19.9. The van der Waals surface area contributed by atoms with E-state index >= 15 is 0 Å². The molecule has 0 heterocycles. The van der Waals surface area contributed by atoms with E-state index in [1.165, 1.54) is 18.2 Å². The third-order valence-corrected chi connectivity index (χ3v) is 16.6. The summed E-state index contributed by atoms with van der Waals surface area (Å²) in [4.78, 5) is 66.3. The van der Waals surface area contributed by atoms with Crippen molar-refractivity contribution in [3.05, 3.63) is 39.9 Å². The molecule has 6 aliphatic carbocycles. The van der Waals surface area contributed by atoms with Crippen molar-refractivity contribution in [3.8, 4) is 5.75 Å². The highest BCUT2D eigenvalue weighted by molar-refractivity contribution is 6.30. The number of carboxylic acids is 1. The Labute approximate surface area is 336 Å². The van der Waals surface area contributed by atoms with Gasteiger partial charge in [-0.2, -0.15) is 0 Å². The molecule has 5 saturated carbocycles. The fraction of sp³-hybridized carbons (Fsp3) is 0.711. The Kier molecular flexibility index (Phi) is 10.3. The number of carbonyl (C=O) groups is 5. The Balaban J connectivity index is 1.09. The Morgan fingerprint density at radius 3 is 2.23 bits per heavy atom. The number of allylic oxidation sites excluding steroid dienone is 1. The lowest BCUT2D eigenvalue weighted by atomic mass is 9.38. The van der Waals surface area contributed by atoms with Crippen LogP contribution in [0.5, 0.6) is 5.75 Å². The molecule has 2 amide bonds. The standard InChI is InChI=1S/C45H61ClN2O8/c1-22(2)36-33(50)21-45(48-41(55)42(5,6)47-38(51)27-10-9-25(46)19-32(27)49)18-14-31-26(37(36)45)11-12-35-43(7)17-15-34(24(4)30(43)13-16-44(31,35)8)56-40(54)29-20-28(23(29)3)39(52)53/h9-10,19,22-24,26,28-31,34-35,49H,11-18,20-21H2,1-8H3,(H,47,51)(H,48,55)(H,52,53). The molecule has 1 aromatic rings. The molecule has 6 aliphatic rings. The Morgan fingerprint density at radius 2 is 1.59 bits per heavy atom. The smallest absolute Gasteiger partial charge is 0.309 e. The topological polar surface area (TPSA) is 159 Å². The summed E-state index contributed by atoms with van der Waals surface area (Å²) in [5.41, 5.74) is -0.0576. The fourth-order valence-electron chi connectivity index (χ4n) is 13.3. The van der Waals surface area contributed by atoms with E-state index in [1.807, 2.05) is 6.92 Å². The molecule has 4 N–H and O–H groups in total. The number of phenols is 1. The second kappa shape index (κ2) is 14.2. The minimum absolute atomic E-state index is 0.00572. The minimum Gasteiger partial charge on any atom is -0.507 e.